The fourth-order valence-corrected chi connectivity index (χ4v) is 1.58. The van der Waals surface area contributed by atoms with Crippen molar-refractivity contribution in [3.05, 3.63) is 15.9 Å². The van der Waals surface area contributed by atoms with E-state index < -0.39 is 0 Å². The van der Waals surface area contributed by atoms with Crippen LogP contribution in [-0.2, 0) is 5.54 Å². The van der Waals surface area contributed by atoms with E-state index in [9.17, 15) is 0 Å². The third-order valence-electron chi connectivity index (χ3n) is 2.04. The third kappa shape index (κ3) is 1.46. The monoisotopic (exact) mass is 184 g/mol. The van der Waals surface area contributed by atoms with Gasteiger partial charge in [0.1, 0.15) is 4.64 Å². The highest BCUT2D eigenvalue weighted by molar-refractivity contribution is 7.71. The molecule has 0 unspecified atom stereocenters. The number of H-pyrrole nitrogens is 1. The van der Waals surface area contributed by atoms with Gasteiger partial charge in [0.15, 0.2) is 0 Å². The summed E-state index contributed by atoms with van der Waals surface area (Å²) in [6.45, 7) is 10.5. The van der Waals surface area contributed by atoms with Gasteiger partial charge in [-0.3, -0.25) is 4.68 Å². The lowest BCUT2D eigenvalue weighted by atomic mass is 10.1. The van der Waals surface area contributed by atoms with Gasteiger partial charge in [0, 0.05) is 11.3 Å². The second-order valence-corrected chi connectivity index (χ2v) is 4.56. The molecule has 0 aromatic carbocycles. The summed E-state index contributed by atoms with van der Waals surface area (Å²) in [7, 11) is 0. The van der Waals surface area contributed by atoms with Crippen LogP contribution in [0, 0.1) is 18.5 Å². The molecule has 3 heteroatoms. The third-order valence-corrected chi connectivity index (χ3v) is 2.53. The van der Waals surface area contributed by atoms with Gasteiger partial charge in [-0.15, -0.1) is 0 Å². The molecular formula is C9H16N2S. The van der Waals surface area contributed by atoms with Crippen LogP contribution in [0.2, 0.25) is 0 Å². The lowest BCUT2D eigenvalue weighted by Gasteiger charge is -2.20. The molecule has 12 heavy (non-hydrogen) atoms. The first-order valence-corrected chi connectivity index (χ1v) is 4.53. The molecule has 0 aliphatic heterocycles. The second-order valence-electron chi connectivity index (χ2n) is 4.17. The van der Waals surface area contributed by atoms with Crippen LogP contribution in [0.1, 0.15) is 32.0 Å². The van der Waals surface area contributed by atoms with E-state index in [0.29, 0.717) is 0 Å². The average molecular weight is 184 g/mol. The van der Waals surface area contributed by atoms with Gasteiger partial charge in [-0.25, -0.2) is 0 Å². The summed E-state index contributed by atoms with van der Waals surface area (Å²) < 4.78 is 2.95. The van der Waals surface area contributed by atoms with Crippen LogP contribution in [0.4, 0.5) is 0 Å². The Labute approximate surface area is 78.6 Å². The summed E-state index contributed by atoms with van der Waals surface area (Å²) in [4.78, 5) is 0. The van der Waals surface area contributed by atoms with E-state index in [2.05, 4.69) is 32.8 Å². The van der Waals surface area contributed by atoms with Crippen molar-refractivity contribution in [2.45, 2.75) is 40.2 Å². The van der Waals surface area contributed by atoms with Gasteiger partial charge >= 0.3 is 0 Å². The van der Waals surface area contributed by atoms with Crippen LogP contribution in [-0.4, -0.2) is 9.78 Å². The number of aromatic nitrogens is 2. The van der Waals surface area contributed by atoms with Crippen molar-refractivity contribution in [3.63, 3.8) is 0 Å². The van der Waals surface area contributed by atoms with Crippen molar-refractivity contribution in [3.8, 4) is 0 Å². The first-order valence-electron chi connectivity index (χ1n) is 4.12. The molecule has 2 nitrogen and oxygen atoms in total. The van der Waals surface area contributed by atoms with Crippen LogP contribution < -0.4 is 0 Å². The number of hydrogen-bond acceptors (Lipinski definition) is 1. The normalized spacial score (nSPS) is 12.1. The molecule has 0 bridgehead atoms. The summed E-state index contributed by atoms with van der Waals surface area (Å²) in [5, 5.41) is 3.27. The number of aryl methyl sites for hydroxylation is 1. The standard InChI is InChI=1S/C9H16N2S/c1-6-7(2)10-11(8(6)12)9(3,4)5/h10H,1-5H3. The fraction of sp³-hybridized carbons (Fsp3) is 0.667. The van der Waals surface area contributed by atoms with Gasteiger partial charge in [0.25, 0.3) is 0 Å². The van der Waals surface area contributed by atoms with Crippen LogP contribution in [0.25, 0.3) is 0 Å². The zero-order valence-electron chi connectivity index (χ0n) is 8.36. The van der Waals surface area contributed by atoms with E-state index >= 15 is 0 Å². The summed E-state index contributed by atoms with van der Waals surface area (Å²) in [6, 6.07) is 0. The zero-order valence-corrected chi connectivity index (χ0v) is 9.17. The van der Waals surface area contributed by atoms with Gasteiger partial charge in [-0.05, 0) is 34.6 Å². The van der Waals surface area contributed by atoms with Gasteiger partial charge in [-0.1, -0.05) is 12.2 Å². The van der Waals surface area contributed by atoms with E-state index in [1.54, 1.807) is 0 Å². The molecule has 0 radical (unpaired) electrons. The molecule has 0 saturated carbocycles. The lowest BCUT2D eigenvalue weighted by Crippen LogP contribution is -2.23. The van der Waals surface area contributed by atoms with Crippen LogP contribution in [0.15, 0.2) is 0 Å². The predicted molar refractivity (Wildman–Crippen MR) is 54.1 cm³/mol. The number of nitrogens with one attached hydrogen (secondary N) is 1. The average Bonchev–Trinajstić information content (AvgIpc) is 2.15. The van der Waals surface area contributed by atoms with E-state index in [-0.39, 0.29) is 5.54 Å². The van der Waals surface area contributed by atoms with Crippen molar-refractivity contribution in [2.24, 2.45) is 0 Å². The van der Waals surface area contributed by atoms with Gasteiger partial charge < -0.3 is 5.10 Å². The Balaban J connectivity index is 3.38. The van der Waals surface area contributed by atoms with Crippen molar-refractivity contribution in [2.75, 3.05) is 0 Å². The highest BCUT2D eigenvalue weighted by Gasteiger charge is 2.15. The van der Waals surface area contributed by atoms with Crippen LogP contribution >= 0.6 is 12.2 Å². The summed E-state index contributed by atoms with van der Waals surface area (Å²) in [6.07, 6.45) is 0. The molecule has 0 aliphatic carbocycles. The smallest absolute Gasteiger partial charge is 0.125 e. The fourth-order valence-electron chi connectivity index (χ4n) is 1.10. The summed E-state index contributed by atoms with van der Waals surface area (Å²) in [5.74, 6) is 0. The molecule has 1 aromatic heterocycles. The van der Waals surface area contributed by atoms with Crippen LogP contribution in [0.5, 0.6) is 0 Å². The van der Waals surface area contributed by atoms with Crippen molar-refractivity contribution in [1.82, 2.24) is 9.78 Å². The Morgan fingerprint density at radius 2 is 1.75 bits per heavy atom. The number of rotatable bonds is 0. The Morgan fingerprint density at radius 1 is 1.25 bits per heavy atom. The quantitative estimate of drug-likeness (QED) is 0.615. The molecule has 1 aromatic rings. The summed E-state index contributed by atoms with van der Waals surface area (Å²) in [5.41, 5.74) is 2.39. The highest BCUT2D eigenvalue weighted by atomic mass is 32.1. The highest BCUT2D eigenvalue weighted by Crippen LogP contribution is 2.17. The maximum absolute atomic E-state index is 5.29. The Kier molecular flexibility index (Phi) is 2.17. The maximum atomic E-state index is 5.29. The maximum Gasteiger partial charge on any atom is 0.125 e. The topological polar surface area (TPSA) is 20.7 Å². The minimum Gasteiger partial charge on any atom is -0.301 e. The molecule has 0 fully saturated rings. The predicted octanol–water partition coefficient (Wildman–Crippen LogP) is 2.92. The zero-order chi connectivity index (χ0) is 9.52. The molecule has 1 N–H and O–H groups in total. The summed E-state index contributed by atoms with van der Waals surface area (Å²) >= 11 is 5.29. The first kappa shape index (κ1) is 9.52. The number of hydrogen-bond donors (Lipinski definition) is 1. The molecule has 0 atom stereocenters. The van der Waals surface area contributed by atoms with Gasteiger partial charge in [-0.2, -0.15) is 0 Å². The Morgan fingerprint density at radius 3 is 1.92 bits per heavy atom. The Hall–Kier alpha value is -0.570. The first-order chi connectivity index (χ1) is 5.34. The van der Waals surface area contributed by atoms with E-state index in [4.69, 9.17) is 12.2 Å². The lowest BCUT2D eigenvalue weighted by molar-refractivity contribution is 0.350. The molecule has 1 rings (SSSR count). The van der Waals surface area contributed by atoms with Gasteiger partial charge in [0.2, 0.25) is 0 Å². The van der Waals surface area contributed by atoms with Gasteiger partial charge in [0.05, 0.1) is 5.54 Å². The van der Waals surface area contributed by atoms with Crippen molar-refractivity contribution < 1.29 is 0 Å². The Bertz CT molecular complexity index is 338. The van der Waals surface area contributed by atoms with E-state index in [0.717, 1.165) is 10.3 Å². The molecule has 1 heterocycles. The number of nitrogens with zero attached hydrogens (tertiary/aromatic N) is 1. The van der Waals surface area contributed by atoms with E-state index in [1.165, 1.54) is 5.56 Å². The molecule has 0 spiro atoms. The van der Waals surface area contributed by atoms with Crippen molar-refractivity contribution in [1.29, 1.82) is 0 Å². The molecule has 0 saturated heterocycles. The van der Waals surface area contributed by atoms with Crippen LogP contribution in [0.3, 0.4) is 0 Å². The molecule has 68 valence electrons. The minimum atomic E-state index is 0.0517. The minimum absolute atomic E-state index is 0.0517. The van der Waals surface area contributed by atoms with Crippen molar-refractivity contribution >= 4 is 12.2 Å². The van der Waals surface area contributed by atoms with E-state index in [1.807, 2.05) is 11.6 Å². The molecule has 0 aliphatic rings. The number of aromatic amines is 1. The largest absolute Gasteiger partial charge is 0.301 e. The molecule has 0 amide bonds. The SMILES string of the molecule is Cc1[nH]n(C(C)(C)C)c(=S)c1C. The second kappa shape index (κ2) is 2.73. The molecular weight excluding hydrogens is 168 g/mol.